The Bertz CT molecular complexity index is 929. The van der Waals surface area contributed by atoms with Crippen LogP contribution in [0.4, 0.5) is 0 Å². The van der Waals surface area contributed by atoms with Crippen molar-refractivity contribution in [2.24, 2.45) is 19.2 Å². The third kappa shape index (κ3) is 4.92. The van der Waals surface area contributed by atoms with Crippen molar-refractivity contribution in [3.05, 3.63) is 56.2 Å². The molecule has 2 rings (SSSR count). The fourth-order valence-corrected chi connectivity index (χ4v) is 2.84. The molecule has 2 aromatic rings. The first-order valence-electron chi connectivity index (χ1n) is 7.98. The lowest BCUT2D eigenvalue weighted by Gasteiger charge is -2.05. The summed E-state index contributed by atoms with van der Waals surface area (Å²) >= 11 is 0.953. The van der Waals surface area contributed by atoms with Crippen LogP contribution in [0.5, 0.6) is 0 Å². The molecule has 0 aliphatic heterocycles. The zero-order valence-corrected chi connectivity index (χ0v) is 15.9. The van der Waals surface area contributed by atoms with Gasteiger partial charge >= 0.3 is 5.69 Å². The van der Waals surface area contributed by atoms with Crippen LogP contribution >= 0.6 is 11.8 Å². The third-order valence-corrected chi connectivity index (χ3v) is 4.57. The number of nitrogens with zero attached hydrogens (tertiary/aromatic N) is 4. The number of hydrogen-bond donors (Lipinski definition) is 1. The van der Waals surface area contributed by atoms with Gasteiger partial charge < -0.3 is 0 Å². The van der Waals surface area contributed by atoms with E-state index in [1.54, 1.807) is 6.21 Å². The van der Waals surface area contributed by atoms with Gasteiger partial charge in [-0.2, -0.15) is 10.2 Å². The van der Waals surface area contributed by atoms with E-state index in [0.717, 1.165) is 26.6 Å². The molecule has 1 N–H and O–H groups in total. The lowest BCUT2D eigenvalue weighted by Crippen LogP contribution is -2.39. The number of aryl methyl sites for hydroxylation is 1. The van der Waals surface area contributed by atoms with Crippen molar-refractivity contribution in [3.63, 3.8) is 0 Å². The first-order valence-corrected chi connectivity index (χ1v) is 8.97. The molecule has 0 atom stereocenters. The molecule has 0 fully saturated rings. The van der Waals surface area contributed by atoms with E-state index in [-0.39, 0.29) is 16.7 Å². The quantitative estimate of drug-likeness (QED) is 0.458. The third-order valence-electron chi connectivity index (χ3n) is 3.64. The maximum Gasteiger partial charge on any atom is 0.346 e. The van der Waals surface area contributed by atoms with Crippen molar-refractivity contribution < 1.29 is 4.79 Å². The largest absolute Gasteiger partial charge is 0.346 e. The minimum absolute atomic E-state index is 0.0376. The van der Waals surface area contributed by atoms with Crippen LogP contribution in [0.3, 0.4) is 0 Å². The molecule has 1 heterocycles. The second kappa shape index (κ2) is 8.61. The highest BCUT2D eigenvalue weighted by atomic mass is 32.2. The van der Waals surface area contributed by atoms with Crippen LogP contribution in [-0.4, -0.2) is 32.2 Å². The Morgan fingerprint density at radius 3 is 2.54 bits per heavy atom. The number of carbonyl (C=O) groups excluding carboxylic acids is 1. The van der Waals surface area contributed by atoms with Gasteiger partial charge in [-0.05, 0) is 17.0 Å². The lowest BCUT2D eigenvalue weighted by molar-refractivity contribution is -0.118. The van der Waals surface area contributed by atoms with Gasteiger partial charge in [0.05, 0.1) is 12.0 Å². The van der Waals surface area contributed by atoms with E-state index in [0.29, 0.717) is 5.92 Å². The van der Waals surface area contributed by atoms with Crippen molar-refractivity contribution in [1.82, 2.24) is 19.8 Å². The highest BCUT2D eigenvalue weighted by molar-refractivity contribution is 7.99. The maximum atomic E-state index is 11.9. The zero-order valence-electron chi connectivity index (χ0n) is 15.1. The average Bonchev–Trinajstić information content (AvgIpc) is 2.62. The molecule has 1 aromatic carbocycles. The lowest BCUT2D eigenvalue weighted by atomic mass is 10.0. The fourth-order valence-electron chi connectivity index (χ4n) is 2.07. The first kappa shape index (κ1) is 19.6. The zero-order chi connectivity index (χ0) is 19.3. The molecule has 0 bridgehead atoms. The summed E-state index contributed by atoms with van der Waals surface area (Å²) in [6.45, 7) is 4.24. The summed E-state index contributed by atoms with van der Waals surface area (Å²) in [6.07, 6.45) is 1.55. The molecule has 8 nitrogen and oxygen atoms in total. The topological polar surface area (TPSA) is 98.3 Å². The van der Waals surface area contributed by atoms with Crippen LogP contribution < -0.4 is 16.7 Å². The first-order chi connectivity index (χ1) is 12.3. The average molecular weight is 375 g/mol. The van der Waals surface area contributed by atoms with E-state index >= 15 is 0 Å². The van der Waals surface area contributed by atoms with Gasteiger partial charge in [0, 0.05) is 14.1 Å². The molecule has 0 saturated carbocycles. The Morgan fingerprint density at radius 2 is 1.92 bits per heavy atom. The van der Waals surface area contributed by atoms with E-state index in [1.165, 1.54) is 19.7 Å². The number of nitrogens with one attached hydrogen (secondary N) is 1. The summed E-state index contributed by atoms with van der Waals surface area (Å²) < 4.78 is 2.01. The van der Waals surface area contributed by atoms with Crippen molar-refractivity contribution in [1.29, 1.82) is 0 Å². The van der Waals surface area contributed by atoms with Crippen LogP contribution in [0.25, 0.3) is 0 Å². The van der Waals surface area contributed by atoms with Crippen LogP contribution in [0.2, 0.25) is 0 Å². The van der Waals surface area contributed by atoms with Crippen molar-refractivity contribution in [3.8, 4) is 0 Å². The van der Waals surface area contributed by atoms with E-state index < -0.39 is 11.2 Å². The Labute approximate surface area is 154 Å². The number of benzene rings is 1. The minimum Gasteiger partial charge on any atom is -0.272 e. The molecule has 0 radical (unpaired) electrons. The van der Waals surface area contributed by atoms with Crippen molar-refractivity contribution in [2.45, 2.75) is 24.8 Å². The molecule has 0 aliphatic carbocycles. The SMILES string of the molecule is CC(C)c1ccc(/C=N\NC(=O)CSc2nn(C)c(=O)n(C)c2=O)cc1. The normalized spacial score (nSPS) is 11.3. The van der Waals surface area contributed by atoms with E-state index in [4.69, 9.17) is 0 Å². The summed E-state index contributed by atoms with van der Waals surface area (Å²) in [5.74, 6) is 0.0450. The van der Waals surface area contributed by atoms with Gasteiger partial charge in [0.2, 0.25) is 5.91 Å². The molecule has 0 unspecified atom stereocenters. The number of amides is 1. The smallest absolute Gasteiger partial charge is 0.272 e. The Hall–Kier alpha value is -2.68. The monoisotopic (exact) mass is 375 g/mol. The molecule has 1 amide bonds. The van der Waals surface area contributed by atoms with E-state index in [9.17, 15) is 14.4 Å². The number of hydrogen-bond acceptors (Lipinski definition) is 6. The molecule has 26 heavy (non-hydrogen) atoms. The molecule has 0 spiro atoms. The second-order valence-electron chi connectivity index (χ2n) is 5.98. The number of carbonyl (C=O) groups is 1. The van der Waals surface area contributed by atoms with Gasteiger partial charge in [-0.15, -0.1) is 0 Å². The van der Waals surface area contributed by atoms with Crippen molar-refractivity contribution in [2.75, 3.05) is 5.75 Å². The van der Waals surface area contributed by atoms with Gasteiger partial charge in [-0.1, -0.05) is 49.9 Å². The molecule has 0 aliphatic rings. The molecule has 1 aromatic heterocycles. The van der Waals surface area contributed by atoms with Crippen molar-refractivity contribution >= 4 is 23.9 Å². The predicted octanol–water partition coefficient (Wildman–Crippen LogP) is 0.845. The summed E-state index contributed by atoms with van der Waals surface area (Å²) in [5.41, 5.74) is 3.46. The highest BCUT2D eigenvalue weighted by Crippen LogP contribution is 2.13. The van der Waals surface area contributed by atoms with Gasteiger partial charge in [-0.25, -0.2) is 14.9 Å². The van der Waals surface area contributed by atoms with Crippen LogP contribution in [0.1, 0.15) is 30.9 Å². The van der Waals surface area contributed by atoms with Gasteiger partial charge in [0.1, 0.15) is 0 Å². The maximum absolute atomic E-state index is 11.9. The summed E-state index contributed by atoms with van der Waals surface area (Å²) in [7, 11) is 2.81. The minimum atomic E-state index is -0.528. The highest BCUT2D eigenvalue weighted by Gasteiger charge is 2.11. The van der Waals surface area contributed by atoms with Crippen LogP contribution in [0.15, 0.2) is 44.0 Å². The number of aromatic nitrogens is 3. The van der Waals surface area contributed by atoms with Crippen LogP contribution in [0, 0.1) is 0 Å². The number of hydrazone groups is 1. The van der Waals surface area contributed by atoms with E-state index in [2.05, 4.69) is 29.5 Å². The molecular weight excluding hydrogens is 354 g/mol. The Morgan fingerprint density at radius 1 is 1.27 bits per heavy atom. The van der Waals surface area contributed by atoms with Gasteiger partial charge in [-0.3, -0.25) is 14.2 Å². The standard InChI is InChI=1S/C17H21N5O3S/c1-11(2)13-7-5-12(6-8-13)9-18-19-14(23)10-26-15-16(24)21(3)17(25)22(4)20-15/h5-9,11H,10H2,1-4H3,(H,19,23)/b18-9-. The summed E-state index contributed by atoms with van der Waals surface area (Å²) in [4.78, 5) is 35.4. The van der Waals surface area contributed by atoms with Gasteiger partial charge in [0.15, 0.2) is 5.03 Å². The van der Waals surface area contributed by atoms with Gasteiger partial charge in [0.25, 0.3) is 5.56 Å². The number of rotatable bonds is 6. The molecule has 138 valence electrons. The fraction of sp³-hybridized carbons (Fsp3) is 0.353. The summed E-state index contributed by atoms with van der Waals surface area (Å²) in [6, 6.07) is 7.89. The number of thioether (sulfide) groups is 1. The Balaban J connectivity index is 1.91. The molecule has 0 saturated heterocycles. The van der Waals surface area contributed by atoms with E-state index in [1.807, 2.05) is 24.3 Å². The summed E-state index contributed by atoms with van der Waals surface area (Å²) in [5, 5.41) is 7.86. The Kier molecular flexibility index (Phi) is 6.51. The van der Waals surface area contributed by atoms with Crippen LogP contribution in [-0.2, 0) is 18.9 Å². The predicted molar refractivity (Wildman–Crippen MR) is 102 cm³/mol. The molecular formula is C17H21N5O3S. The second-order valence-corrected chi connectivity index (χ2v) is 6.94. The molecule has 9 heteroatoms.